The predicted molar refractivity (Wildman–Crippen MR) is 36.5 cm³/mol. The normalized spacial score (nSPS) is 15.2. The number of hydrogen-bond acceptors (Lipinski definition) is 4. The second-order valence-corrected chi connectivity index (χ2v) is 2.32. The van der Waals surface area contributed by atoms with Gasteiger partial charge in [-0.2, -0.15) is 0 Å². The Kier molecular flexibility index (Phi) is 1.22. The average molecular weight is 164 g/mol. The largest absolute Gasteiger partial charge is 0.304 e. The molecule has 2 amide bonds. The van der Waals surface area contributed by atoms with Crippen LogP contribution in [0.5, 0.6) is 0 Å². The van der Waals surface area contributed by atoms with Gasteiger partial charge < -0.3 is 0 Å². The second kappa shape index (κ2) is 2.12. The maximum absolute atomic E-state index is 11.0. The van der Waals surface area contributed by atoms with Crippen LogP contribution in [0.25, 0.3) is 0 Å². The van der Waals surface area contributed by atoms with Crippen LogP contribution >= 0.6 is 0 Å². The topological polar surface area (TPSA) is 70.5 Å². The van der Waals surface area contributed by atoms with Crippen LogP contribution < -0.4 is 0 Å². The number of pyridine rings is 1. The molecule has 60 valence electrons. The number of amides is 2. The fraction of sp³-hybridized carbons (Fsp3) is 0. The van der Waals surface area contributed by atoms with Crippen molar-refractivity contribution in [3.63, 3.8) is 0 Å². The lowest BCUT2D eigenvalue weighted by atomic mass is 10.2. The van der Waals surface area contributed by atoms with Gasteiger partial charge in [0.05, 0.1) is 5.56 Å². The number of aromatic nitrogens is 1. The fourth-order valence-corrected chi connectivity index (χ4v) is 1.05. The third kappa shape index (κ3) is 0.680. The SMILES string of the molecule is O=C1c2cccnc2C(=O)N1O. The summed E-state index contributed by atoms with van der Waals surface area (Å²) in [6.45, 7) is 0. The van der Waals surface area contributed by atoms with E-state index in [9.17, 15) is 9.59 Å². The van der Waals surface area contributed by atoms with Gasteiger partial charge in [-0.05, 0) is 12.1 Å². The zero-order valence-electron chi connectivity index (χ0n) is 5.89. The molecule has 0 aliphatic carbocycles. The number of hydrogen-bond donors (Lipinski definition) is 1. The van der Waals surface area contributed by atoms with Crippen LogP contribution in [-0.2, 0) is 0 Å². The van der Waals surface area contributed by atoms with Crippen LogP contribution in [0, 0.1) is 0 Å². The Balaban J connectivity index is 2.67. The van der Waals surface area contributed by atoms with Crippen LogP contribution in [0.4, 0.5) is 0 Å². The van der Waals surface area contributed by atoms with Crippen LogP contribution in [0.2, 0.25) is 0 Å². The molecular formula is C7H4N2O3. The molecule has 0 saturated carbocycles. The first-order valence-corrected chi connectivity index (χ1v) is 3.24. The predicted octanol–water partition coefficient (Wildman–Crippen LogP) is 0.0668. The van der Waals surface area contributed by atoms with E-state index in [1.807, 2.05) is 0 Å². The highest BCUT2D eigenvalue weighted by Crippen LogP contribution is 2.17. The number of carbonyl (C=O) groups excluding carboxylic acids is 2. The molecule has 0 aromatic carbocycles. The molecule has 1 aliphatic rings. The smallest absolute Gasteiger partial charge is 0.278 e. The summed E-state index contributed by atoms with van der Waals surface area (Å²) in [5.41, 5.74) is 0.148. The van der Waals surface area contributed by atoms with Gasteiger partial charge in [0.1, 0.15) is 5.69 Å². The van der Waals surface area contributed by atoms with Crippen molar-refractivity contribution in [2.75, 3.05) is 0 Å². The number of rotatable bonds is 0. The number of hydroxylamine groups is 2. The molecule has 2 rings (SSSR count). The van der Waals surface area contributed by atoms with Gasteiger partial charge in [-0.15, -0.1) is 5.06 Å². The standard InChI is InChI=1S/C7H4N2O3/c10-6-4-2-1-3-8-5(4)7(11)9(6)12/h1-3,12H. The monoisotopic (exact) mass is 164 g/mol. The van der Waals surface area contributed by atoms with Crippen molar-refractivity contribution in [1.82, 2.24) is 10.0 Å². The molecule has 5 nitrogen and oxygen atoms in total. The Morgan fingerprint density at radius 2 is 2.08 bits per heavy atom. The highest BCUT2D eigenvalue weighted by molar-refractivity contribution is 6.19. The van der Waals surface area contributed by atoms with Crippen molar-refractivity contribution in [2.24, 2.45) is 0 Å². The van der Waals surface area contributed by atoms with E-state index in [2.05, 4.69) is 4.98 Å². The zero-order chi connectivity index (χ0) is 8.72. The summed E-state index contributed by atoms with van der Waals surface area (Å²) in [6, 6.07) is 2.97. The molecular weight excluding hydrogens is 160 g/mol. The Hall–Kier alpha value is -1.75. The van der Waals surface area contributed by atoms with E-state index in [0.717, 1.165) is 0 Å². The first-order valence-electron chi connectivity index (χ1n) is 3.24. The van der Waals surface area contributed by atoms with Crippen LogP contribution in [0.1, 0.15) is 20.8 Å². The molecule has 0 saturated heterocycles. The van der Waals surface area contributed by atoms with Gasteiger partial charge in [-0.3, -0.25) is 19.8 Å². The van der Waals surface area contributed by atoms with Gasteiger partial charge in [0, 0.05) is 6.20 Å². The summed E-state index contributed by atoms with van der Waals surface area (Å²) >= 11 is 0. The molecule has 2 heterocycles. The van der Waals surface area contributed by atoms with Gasteiger partial charge in [0.2, 0.25) is 0 Å². The van der Waals surface area contributed by atoms with Crippen molar-refractivity contribution in [3.05, 3.63) is 29.6 Å². The van der Waals surface area contributed by atoms with Crippen molar-refractivity contribution < 1.29 is 14.8 Å². The Bertz CT molecular complexity index is 340. The van der Waals surface area contributed by atoms with Gasteiger partial charge in [-0.1, -0.05) is 0 Å². The Morgan fingerprint density at radius 3 is 2.75 bits per heavy atom. The summed E-state index contributed by atoms with van der Waals surface area (Å²) in [5.74, 6) is -1.49. The van der Waals surface area contributed by atoms with Crippen molar-refractivity contribution in [1.29, 1.82) is 0 Å². The molecule has 0 spiro atoms. The molecule has 0 bridgehead atoms. The van der Waals surface area contributed by atoms with Gasteiger partial charge in [0.15, 0.2) is 0 Å². The molecule has 0 atom stereocenters. The highest BCUT2D eigenvalue weighted by atomic mass is 16.5. The van der Waals surface area contributed by atoms with Crippen LogP contribution in [0.3, 0.4) is 0 Å². The van der Waals surface area contributed by atoms with E-state index in [1.165, 1.54) is 18.3 Å². The maximum atomic E-state index is 11.0. The van der Waals surface area contributed by atoms with Crippen molar-refractivity contribution in [2.45, 2.75) is 0 Å². The molecule has 0 radical (unpaired) electrons. The fourth-order valence-electron chi connectivity index (χ4n) is 1.05. The summed E-state index contributed by atoms with van der Waals surface area (Å²) in [4.78, 5) is 25.7. The molecule has 0 fully saturated rings. The van der Waals surface area contributed by atoms with E-state index in [4.69, 9.17) is 5.21 Å². The zero-order valence-corrected chi connectivity index (χ0v) is 5.89. The summed E-state index contributed by atoms with van der Waals surface area (Å²) < 4.78 is 0. The summed E-state index contributed by atoms with van der Waals surface area (Å²) in [5, 5.41) is 8.95. The van der Waals surface area contributed by atoms with Gasteiger partial charge >= 0.3 is 5.91 Å². The number of imide groups is 1. The second-order valence-electron chi connectivity index (χ2n) is 2.32. The number of nitrogens with zero attached hydrogens (tertiary/aromatic N) is 2. The molecule has 0 unspecified atom stereocenters. The van der Waals surface area contributed by atoms with Gasteiger partial charge in [-0.25, -0.2) is 0 Å². The lowest BCUT2D eigenvalue weighted by Crippen LogP contribution is -2.25. The minimum atomic E-state index is -0.768. The van der Waals surface area contributed by atoms with Gasteiger partial charge in [0.25, 0.3) is 5.91 Å². The quantitative estimate of drug-likeness (QED) is 0.435. The molecule has 12 heavy (non-hydrogen) atoms. The van der Waals surface area contributed by atoms with Crippen molar-refractivity contribution >= 4 is 11.8 Å². The van der Waals surface area contributed by atoms with E-state index < -0.39 is 11.8 Å². The molecule has 1 aliphatic heterocycles. The Labute approximate surface area is 67.2 Å². The van der Waals surface area contributed by atoms with E-state index in [-0.39, 0.29) is 16.3 Å². The van der Waals surface area contributed by atoms with E-state index >= 15 is 0 Å². The third-order valence-corrected chi connectivity index (χ3v) is 1.63. The lowest BCUT2D eigenvalue weighted by molar-refractivity contribution is -0.0329. The first kappa shape index (κ1) is 6.93. The van der Waals surface area contributed by atoms with Crippen LogP contribution in [0.15, 0.2) is 18.3 Å². The summed E-state index contributed by atoms with van der Waals surface area (Å²) in [6.07, 6.45) is 1.39. The summed E-state index contributed by atoms with van der Waals surface area (Å²) in [7, 11) is 0. The van der Waals surface area contributed by atoms with E-state index in [0.29, 0.717) is 0 Å². The first-order chi connectivity index (χ1) is 5.72. The molecule has 1 aromatic heterocycles. The average Bonchev–Trinajstić information content (AvgIpc) is 2.33. The maximum Gasteiger partial charge on any atom is 0.304 e. The number of carbonyl (C=O) groups is 2. The Morgan fingerprint density at radius 1 is 1.33 bits per heavy atom. The third-order valence-electron chi connectivity index (χ3n) is 1.63. The molecule has 1 aromatic rings. The van der Waals surface area contributed by atoms with E-state index in [1.54, 1.807) is 0 Å². The minimum Gasteiger partial charge on any atom is -0.278 e. The molecule has 5 heteroatoms. The lowest BCUT2D eigenvalue weighted by Gasteiger charge is -1.99. The van der Waals surface area contributed by atoms with Crippen molar-refractivity contribution in [3.8, 4) is 0 Å². The number of fused-ring (bicyclic) bond motifs is 1. The molecule has 1 N–H and O–H groups in total. The highest BCUT2D eigenvalue weighted by Gasteiger charge is 2.35. The van der Waals surface area contributed by atoms with Crippen LogP contribution in [-0.4, -0.2) is 27.1 Å². The minimum absolute atomic E-state index is 0.00463.